The van der Waals surface area contributed by atoms with Crippen LogP contribution >= 0.6 is 15.9 Å². The molecule has 0 unspecified atom stereocenters. The second-order valence-electron chi connectivity index (χ2n) is 2.69. The average molecular weight is 273 g/mol. The minimum Gasteiger partial charge on any atom is -0.275 e. The molecule has 0 aromatic carbocycles. The maximum Gasteiger partial charge on any atom is 0.267 e. The van der Waals surface area contributed by atoms with Gasteiger partial charge in [-0.1, -0.05) is 0 Å². The summed E-state index contributed by atoms with van der Waals surface area (Å²) in [4.78, 5) is 16.1. The van der Waals surface area contributed by atoms with Gasteiger partial charge in [-0.15, -0.1) is 0 Å². The van der Waals surface area contributed by atoms with E-state index in [1.54, 1.807) is 0 Å². The fourth-order valence-corrected chi connectivity index (χ4v) is 1.29. The molecule has 0 saturated heterocycles. The Kier molecular flexibility index (Phi) is 3.82. The number of hydroxylamine groups is 2. The Morgan fingerprint density at radius 2 is 2.53 bits per heavy atom. The zero-order valence-electron chi connectivity index (χ0n) is 8.27. The first kappa shape index (κ1) is 11.7. The summed E-state index contributed by atoms with van der Waals surface area (Å²) in [5.41, 5.74) is 0.392. The summed E-state index contributed by atoms with van der Waals surface area (Å²) in [5.74, 6) is -0.259. The molecule has 15 heavy (non-hydrogen) atoms. The Labute approximate surface area is 95.1 Å². The maximum absolute atomic E-state index is 11.4. The lowest BCUT2D eigenvalue weighted by atomic mass is 10.4. The second-order valence-corrected chi connectivity index (χ2v) is 3.44. The molecule has 0 radical (unpaired) electrons. The largest absolute Gasteiger partial charge is 0.275 e. The van der Waals surface area contributed by atoms with E-state index in [0.29, 0.717) is 10.2 Å². The Morgan fingerprint density at radius 1 is 1.87 bits per heavy atom. The maximum atomic E-state index is 11.4. The smallest absolute Gasteiger partial charge is 0.267 e. The zero-order chi connectivity index (χ0) is 11.4. The van der Waals surface area contributed by atoms with Crippen molar-refractivity contribution in [1.82, 2.24) is 14.8 Å². The molecule has 1 rings (SSSR count). The number of aromatic nitrogens is 2. The van der Waals surface area contributed by atoms with E-state index in [4.69, 9.17) is 10.1 Å². The first-order valence-corrected chi connectivity index (χ1v) is 4.81. The van der Waals surface area contributed by atoms with Gasteiger partial charge < -0.3 is 0 Å². The van der Waals surface area contributed by atoms with Crippen LogP contribution in [0.25, 0.3) is 0 Å². The molecular weight excluding hydrogens is 264 g/mol. The zero-order valence-corrected chi connectivity index (χ0v) is 9.85. The molecule has 0 atom stereocenters. The summed E-state index contributed by atoms with van der Waals surface area (Å²) in [7, 11) is 2.90. The van der Waals surface area contributed by atoms with Crippen LogP contribution in [-0.4, -0.2) is 34.9 Å². The Bertz CT molecular complexity index is 409. The van der Waals surface area contributed by atoms with Crippen molar-refractivity contribution in [2.45, 2.75) is 6.54 Å². The van der Waals surface area contributed by atoms with Crippen LogP contribution in [0.15, 0.2) is 10.8 Å². The number of carbonyl (C=O) groups excluding carboxylic acids is 1. The topological polar surface area (TPSA) is 71.2 Å². The van der Waals surface area contributed by atoms with E-state index in [9.17, 15) is 4.79 Å². The van der Waals surface area contributed by atoms with E-state index >= 15 is 0 Å². The summed E-state index contributed by atoms with van der Waals surface area (Å²) in [5, 5.41) is 13.7. The molecule has 0 saturated carbocycles. The molecule has 0 bridgehead atoms. The summed E-state index contributed by atoms with van der Waals surface area (Å²) in [6.45, 7) is 0.0204. The van der Waals surface area contributed by atoms with Crippen LogP contribution in [0.3, 0.4) is 0 Å². The first-order chi connectivity index (χ1) is 7.10. The van der Waals surface area contributed by atoms with Gasteiger partial charge in [0.15, 0.2) is 0 Å². The van der Waals surface area contributed by atoms with Gasteiger partial charge in [0.05, 0.1) is 13.3 Å². The van der Waals surface area contributed by atoms with Gasteiger partial charge in [-0.05, 0) is 15.9 Å². The quantitative estimate of drug-likeness (QED) is 0.753. The van der Waals surface area contributed by atoms with Crippen molar-refractivity contribution in [3.63, 3.8) is 0 Å². The van der Waals surface area contributed by atoms with E-state index in [2.05, 4.69) is 21.0 Å². The summed E-state index contributed by atoms with van der Waals surface area (Å²) < 4.78 is 1.87. The highest BCUT2D eigenvalue weighted by Gasteiger charge is 2.13. The number of hydrogen-bond donors (Lipinski definition) is 0. The third-order valence-electron chi connectivity index (χ3n) is 1.81. The predicted molar refractivity (Wildman–Crippen MR) is 54.4 cm³/mol. The van der Waals surface area contributed by atoms with Crippen LogP contribution in [0.5, 0.6) is 0 Å². The number of likely N-dealkylation sites (N-methyl/N-ethyl adjacent to an activating group) is 1. The molecule has 7 heteroatoms. The van der Waals surface area contributed by atoms with Crippen molar-refractivity contribution in [2.24, 2.45) is 0 Å². The summed E-state index contributed by atoms with van der Waals surface area (Å²) in [6.07, 6.45) is 1.39. The number of hydrogen-bond acceptors (Lipinski definition) is 4. The number of nitriles is 1. The molecule has 6 nitrogen and oxygen atoms in total. The van der Waals surface area contributed by atoms with Crippen LogP contribution in [0, 0.1) is 11.3 Å². The lowest BCUT2D eigenvalue weighted by molar-refractivity contribution is -0.169. The molecule has 0 spiro atoms. The van der Waals surface area contributed by atoms with Gasteiger partial charge in [0, 0.05) is 7.05 Å². The summed E-state index contributed by atoms with van der Waals surface area (Å²) >= 11 is 3.18. The number of amides is 1. The molecule has 0 aliphatic rings. The fourth-order valence-electron chi connectivity index (χ4n) is 0.885. The number of carbonyl (C=O) groups is 1. The molecule has 0 aliphatic heterocycles. The van der Waals surface area contributed by atoms with Gasteiger partial charge in [0.2, 0.25) is 0 Å². The molecular formula is C8H9BrN4O2. The lowest BCUT2D eigenvalue weighted by Gasteiger charge is -2.13. The summed E-state index contributed by atoms with van der Waals surface area (Å²) in [6, 6.07) is 1.95. The Balaban J connectivity index is 2.78. The van der Waals surface area contributed by atoms with E-state index in [-0.39, 0.29) is 12.5 Å². The third-order valence-corrected chi connectivity index (χ3v) is 2.64. The van der Waals surface area contributed by atoms with Crippen molar-refractivity contribution in [3.05, 3.63) is 16.4 Å². The van der Waals surface area contributed by atoms with Gasteiger partial charge in [-0.2, -0.15) is 10.4 Å². The van der Waals surface area contributed by atoms with Crippen molar-refractivity contribution in [2.75, 3.05) is 14.2 Å². The third kappa shape index (κ3) is 2.55. The minimum atomic E-state index is -0.259. The molecule has 0 N–H and O–H groups in total. The van der Waals surface area contributed by atoms with Gasteiger partial charge in [0.1, 0.15) is 22.8 Å². The van der Waals surface area contributed by atoms with Crippen LogP contribution in [0.4, 0.5) is 0 Å². The SMILES string of the molecule is CON(C)C(=O)Cn1ncc(C#N)c1Br. The van der Waals surface area contributed by atoms with Crippen LogP contribution in [0.1, 0.15) is 5.56 Å². The van der Waals surface area contributed by atoms with Crippen LogP contribution in [-0.2, 0) is 16.2 Å². The minimum absolute atomic E-state index is 0.0204. The highest BCUT2D eigenvalue weighted by atomic mass is 79.9. The predicted octanol–water partition coefficient (Wildman–Crippen LogP) is 0.537. The number of halogens is 1. The van der Waals surface area contributed by atoms with Gasteiger partial charge in [-0.3, -0.25) is 9.63 Å². The van der Waals surface area contributed by atoms with Gasteiger partial charge in [-0.25, -0.2) is 9.75 Å². The number of rotatable bonds is 3. The molecule has 80 valence electrons. The number of nitrogens with zero attached hydrogens (tertiary/aromatic N) is 4. The standard InChI is InChI=1S/C8H9BrN4O2/c1-12(15-2)7(14)5-13-8(9)6(3-10)4-11-13/h4H,5H2,1-2H3. The monoisotopic (exact) mass is 272 g/mol. The first-order valence-electron chi connectivity index (χ1n) is 4.02. The molecule has 0 aliphatic carbocycles. The van der Waals surface area contributed by atoms with E-state index in [1.807, 2.05) is 6.07 Å². The Hall–Kier alpha value is -1.39. The molecule has 1 aromatic heterocycles. The normalized spacial score (nSPS) is 9.73. The molecule has 1 heterocycles. The molecule has 1 amide bonds. The van der Waals surface area contributed by atoms with Gasteiger partial charge >= 0.3 is 0 Å². The highest BCUT2D eigenvalue weighted by Crippen LogP contribution is 2.14. The molecule has 1 aromatic rings. The van der Waals surface area contributed by atoms with Gasteiger partial charge in [0.25, 0.3) is 5.91 Å². The van der Waals surface area contributed by atoms with E-state index < -0.39 is 0 Å². The average Bonchev–Trinajstić information content (AvgIpc) is 2.58. The van der Waals surface area contributed by atoms with Crippen molar-refractivity contribution < 1.29 is 9.63 Å². The Morgan fingerprint density at radius 3 is 3.00 bits per heavy atom. The van der Waals surface area contributed by atoms with Crippen molar-refractivity contribution in [1.29, 1.82) is 5.26 Å². The second kappa shape index (κ2) is 4.91. The van der Waals surface area contributed by atoms with Crippen molar-refractivity contribution in [3.8, 4) is 6.07 Å². The van der Waals surface area contributed by atoms with E-state index in [1.165, 1.54) is 25.0 Å². The van der Waals surface area contributed by atoms with E-state index in [0.717, 1.165) is 5.06 Å². The van der Waals surface area contributed by atoms with Crippen LogP contribution < -0.4 is 0 Å². The van der Waals surface area contributed by atoms with Crippen LogP contribution in [0.2, 0.25) is 0 Å². The fraction of sp³-hybridized carbons (Fsp3) is 0.375. The van der Waals surface area contributed by atoms with Crippen molar-refractivity contribution >= 4 is 21.8 Å². The lowest BCUT2D eigenvalue weighted by Crippen LogP contribution is -2.29. The highest BCUT2D eigenvalue weighted by molar-refractivity contribution is 9.10. The molecule has 0 fully saturated rings.